The van der Waals surface area contributed by atoms with Crippen molar-refractivity contribution >= 4 is 17.7 Å². The van der Waals surface area contributed by atoms with Gasteiger partial charge in [0.15, 0.2) is 0 Å². The number of nitrogens with one attached hydrogen (secondary N) is 1. The van der Waals surface area contributed by atoms with Gasteiger partial charge in [-0.1, -0.05) is 25.1 Å². The molecule has 0 radical (unpaired) electrons. The first-order chi connectivity index (χ1) is 9.72. The largest absolute Gasteiger partial charge is 0.493 e. The van der Waals surface area contributed by atoms with Gasteiger partial charge in [0.05, 0.1) is 12.5 Å². The fourth-order valence-corrected chi connectivity index (χ4v) is 3.24. The number of hydrogen-bond donors (Lipinski definition) is 1. The lowest BCUT2D eigenvalue weighted by Crippen LogP contribution is -2.38. The molecule has 0 aliphatic carbocycles. The normalized spacial score (nSPS) is 18.8. The van der Waals surface area contributed by atoms with Crippen LogP contribution in [0.4, 0.5) is 0 Å². The lowest BCUT2D eigenvalue weighted by atomic mass is 9.92. The van der Waals surface area contributed by atoms with Crippen molar-refractivity contribution in [3.63, 3.8) is 0 Å². The van der Waals surface area contributed by atoms with E-state index in [-0.39, 0.29) is 17.9 Å². The Labute approximate surface area is 125 Å². The highest BCUT2D eigenvalue weighted by atomic mass is 32.2. The molecule has 1 aromatic rings. The molecule has 0 fully saturated rings. The average Bonchev–Trinajstić information content (AvgIpc) is 2.47. The van der Waals surface area contributed by atoms with E-state index >= 15 is 0 Å². The molecule has 1 aliphatic rings. The van der Waals surface area contributed by atoms with Crippen LogP contribution in [0.2, 0.25) is 0 Å². The van der Waals surface area contributed by atoms with Crippen LogP contribution in [-0.2, 0) is 4.79 Å². The Morgan fingerprint density at radius 3 is 3.10 bits per heavy atom. The quantitative estimate of drug-likeness (QED) is 0.819. The SMILES string of the molecule is CCSCC[C@@H](C)NC(=O)[C@@H]1CCOc2ccccc21. The van der Waals surface area contributed by atoms with E-state index in [1.54, 1.807) is 0 Å². The fourth-order valence-electron chi connectivity index (χ4n) is 2.43. The van der Waals surface area contributed by atoms with E-state index < -0.39 is 0 Å². The third kappa shape index (κ3) is 3.92. The second kappa shape index (κ2) is 7.58. The maximum Gasteiger partial charge on any atom is 0.228 e. The van der Waals surface area contributed by atoms with Crippen molar-refractivity contribution in [3.05, 3.63) is 29.8 Å². The summed E-state index contributed by atoms with van der Waals surface area (Å²) in [5.41, 5.74) is 1.02. The lowest BCUT2D eigenvalue weighted by molar-refractivity contribution is -0.123. The van der Waals surface area contributed by atoms with Crippen LogP contribution in [0.15, 0.2) is 24.3 Å². The maximum absolute atomic E-state index is 12.4. The van der Waals surface area contributed by atoms with E-state index in [0.29, 0.717) is 6.61 Å². The molecule has 1 N–H and O–H groups in total. The number of fused-ring (bicyclic) bond motifs is 1. The number of rotatable bonds is 6. The third-order valence-electron chi connectivity index (χ3n) is 3.56. The van der Waals surface area contributed by atoms with E-state index in [1.807, 2.05) is 36.0 Å². The predicted octanol–water partition coefficient (Wildman–Crippen LogP) is 3.20. The van der Waals surface area contributed by atoms with Gasteiger partial charge in [-0.25, -0.2) is 0 Å². The first-order valence-corrected chi connectivity index (χ1v) is 8.47. The molecule has 1 amide bonds. The molecule has 0 unspecified atom stereocenters. The summed E-state index contributed by atoms with van der Waals surface area (Å²) in [5, 5.41) is 3.14. The van der Waals surface area contributed by atoms with Crippen molar-refractivity contribution in [1.82, 2.24) is 5.32 Å². The minimum absolute atomic E-state index is 0.0683. The summed E-state index contributed by atoms with van der Waals surface area (Å²) in [4.78, 5) is 12.4. The zero-order chi connectivity index (χ0) is 14.4. The molecule has 4 heteroatoms. The van der Waals surface area contributed by atoms with Crippen molar-refractivity contribution in [2.75, 3.05) is 18.1 Å². The molecule has 1 aromatic carbocycles. The first kappa shape index (κ1) is 15.2. The number of carbonyl (C=O) groups excluding carboxylic acids is 1. The Morgan fingerprint density at radius 1 is 1.50 bits per heavy atom. The molecule has 3 nitrogen and oxygen atoms in total. The van der Waals surface area contributed by atoms with E-state index in [4.69, 9.17) is 4.74 Å². The van der Waals surface area contributed by atoms with Crippen LogP contribution >= 0.6 is 11.8 Å². The second-order valence-corrected chi connectivity index (χ2v) is 6.52. The zero-order valence-corrected chi connectivity index (χ0v) is 13.0. The van der Waals surface area contributed by atoms with Crippen LogP contribution in [0.25, 0.3) is 0 Å². The number of thioether (sulfide) groups is 1. The van der Waals surface area contributed by atoms with E-state index in [0.717, 1.165) is 35.7 Å². The van der Waals surface area contributed by atoms with Crippen molar-refractivity contribution in [2.45, 2.75) is 38.6 Å². The number of amides is 1. The summed E-state index contributed by atoms with van der Waals surface area (Å²) in [6.07, 6.45) is 1.79. The summed E-state index contributed by atoms with van der Waals surface area (Å²) >= 11 is 1.92. The molecule has 0 aromatic heterocycles. The summed E-state index contributed by atoms with van der Waals surface area (Å²) in [7, 11) is 0. The van der Waals surface area contributed by atoms with E-state index in [9.17, 15) is 4.79 Å². The van der Waals surface area contributed by atoms with Crippen LogP contribution in [-0.4, -0.2) is 30.1 Å². The Kier molecular flexibility index (Phi) is 5.77. The molecular formula is C16H23NO2S. The monoisotopic (exact) mass is 293 g/mol. The molecule has 1 aliphatic heterocycles. The minimum Gasteiger partial charge on any atom is -0.493 e. The van der Waals surface area contributed by atoms with Gasteiger partial charge in [0, 0.05) is 11.6 Å². The third-order valence-corrected chi connectivity index (χ3v) is 4.50. The van der Waals surface area contributed by atoms with Gasteiger partial charge in [0.25, 0.3) is 0 Å². The highest BCUT2D eigenvalue weighted by molar-refractivity contribution is 7.99. The van der Waals surface area contributed by atoms with Gasteiger partial charge in [0.2, 0.25) is 5.91 Å². The topological polar surface area (TPSA) is 38.3 Å². The first-order valence-electron chi connectivity index (χ1n) is 7.32. The number of hydrogen-bond acceptors (Lipinski definition) is 3. The number of para-hydroxylation sites is 1. The van der Waals surface area contributed by atoms with Gasteiger partial charge in [-0.15, -0.1) is 0 Å². The summed E-state index contributed by atoms with van der Waals surface area (Å²) in [6, 6.07) is 8.09. The average molecular weight is 293 g/mol. The molecule has 2 rings (SSSR count). The van der Waals surface area contributed by atoms with Crippen molar-refractivity contribution < 1.29 is 9.53 Å². The highest BCUT2D eigenvalue weighted by Gasteiger charge is 2.27. The molecule has 110 valence electrons. The van der Waals surface area contributed by atoms with Crippen molar-refractivity contribution in [2.24, 2.45) is 0 Å². The Morgan fingerprint density at radius 2 is 2.30 bits per heavy atom. The second-order valence-electron chi connectivity index (χ2n) is 5.12. The van der Waals surface area contributed by atoms with Crippen LogP contribution in [0, 0.1) is 0 Å². The summed E-state index contributed by atoms with van der Waals surface area (Å²) in [5.74, 6) is 3.15. The molecular weight excluding hydrogens is 270 g/mol. The predicted molar refractivity (Wildman–Crippen MR) is 84.5 cm³/mol. The number of benzene rings is 1. The molecule has 1 heterocycles. The van der Waals surface area contributed by atoms with Gasteiger partial charge in [-0.05, 0) is 37.3 Å². The standard InChI is InChI=1S/C16H23NO2S/c1-3-20-11-9-12(2)17-16(18)14-8-10-19-15-7-5-4-6-13(14)15/h4-7,12,14H,3,8-11H2,1-2H3,(H,17,18)/t12-,14-/m1/s1. The van der Waals surface area contributed by atoms with Crippen molar-refractivity contribution in [3.8, 4) is 5.75 Å². The Bertz CT molecular complexity index is 450. The Balaban J connectivity index is 1.93. The van der Waals surface area contributed by atoms with Gasteiger partial charge >= 0.3 is 0 Å². The number of carbonyl (C=O) groups is 1. The van der Waals surface area contributed by atoms with Crippen molar-refractivity contribution in [1.29, 1.82) is 0 Å². The molecule has 2 atom stereocenters. The molecule has 0 bridgehead atoms. The van der Waals surface area contributed by atoms with E-state index in [2.05, 4.69) is 19.2 Å². The van der Waals surface area contributed by atoms with Crippen LogP contribution in [0.5, 0.6) is 5.75 Å². The molecule has 20 heavy (non-hydrogen) atoms. The van der Waals surface area contributed by atoms with Crippen LogP contribution < -0.4 is 10.1 Å². The molecule has 0 saturated carbocycles. The van der Waals surface area contributed by atoms with Crippen LogP contribution in [0.3, 0.4) is 0 Å². The molecule has 0 spiro atoms. The van der Waals surface area contributed by atoms with Gasteiger partial charge < -0.3 is 10.1 Å². The van der Waals surface area contributed by atoms with Gasteiger partial charge in [-0.2, -0.15) is 11.8 Å². The van der Waals surface area contributed by atoms with Gasteiger partial charge in [-0.3, -0.25) is 4.79 Å². The van der Waals surface area contributed by atoms with Crippen LogP contribution in [0.1, 0.15) is 38.2 Å². The summed E-state index contributed by atoms with van der Waals surface area (Å²) in [6.45, 7) is 4.86. The highest BCUT2D eigenvalue weighted by Crippen LogP contribution is 2.33. The lowest BCUT2D eigenvalue weighted by Gasteiger charge is -2.26. The maximum atomic E-state index is 12.4. The molecule has 0 saturated heterocycles. The fraction of sp³-hybridized carbons (Fsp3) is 0.562. The number of ether oxygens (including phenoxy) is 1. The smallest absolute Gasteiger partial charge is 0.228 e. The van der Waals surface area contributed by atoms with E-state index in [1.165, 1.54) is 0 Å². The Hall–Kier alpha value is -1.16. The minimum atomic E-state index is -0.0683. The zero-order valence-electron chi connectivity index (χ0n) is 12.2. The summed E-state index contributed by atoms with van der Waals surface area (Å²) < 4.78 is 5.60. The van der Waals surface area contributed by atoms with Gasteiger partial charge in [0.1, 0.15) is 5.75 Å².